The largest absolute Gasteiger partial charge is 0.481 e. The van der Waals surface area contributed by atoms with Crippen molar-refractivity contribution in [2.75, 3.05) is 6.54 Å². The molecule has 2 aliphatic heterocycles. The van der Waals surface area contributed by atoms with Crippen LogP contribution >= 0.6 is 35.3 Å². The van der Waals surface area contributed by atoms with Crippen LogP contribution in [-0.4, -0.2) is 44.6 Å². The van der Waals surface area contributed by atoms with E-state index in [1.807, 2.05) is 11.8 Å². The number of imide groups is 1. The van der Waals surface area contributed by atoms with Crippen molar-refractivity contribution in [3.8, 4) is 0 Å². The van der Waals surface area contributed by atoms with Crippen LogP contribution < -0.4 is 0 Å². The van der Waals surface area contributed by atoms with E-state index in [1.165, 1.54) is 20.9 Å². The van der Waals surface area contributed by atoms with E-state index in [9.17, 15) is 14.4 Å². The lowest BCUT2D eigenvalue weighted by atomic mass is 9.67. The maximum absolute atomic E-state index is 13.6. The first-order chi connectivity index (χ1) is 16.9. The number of likely N-dealkylation sites (tertiary alicyclic amines) is 1. The highest BCUT2D eigenvalue weighted by Gasteiger charge is 2.69. The third-order valence-electron chi connectivity index (χ3n) is 8.61. The molecule has 1 aromatic carbocycles. The van der Waals surface area contributed by atoms with Crippen molar-refractivity contribution in [3.05, 3.63) is 44.2 Å². The summed E-state index contributed by atoms with van der Waals surface area (Å²) in [6.45, 7) is 2.57. The highest BCUT2D eigenvalue weighted by Crippen LogP contribution is 2.68. The minimum absolute atomic E-state index is 0.00118. The molecule has 3 fully saturated rings. The van der Waals surface area contributed by atoms with Crippen LogP contribution in [0, 0.1) is 40.5 Å². The van der Waals surface area contributed by atoms with Gasteiger partial charge in [0.1, 0.15) is 0 Å². The lowest BCUT2D eigenvalue weighted by molar-refractivity contribution is -0.141. The fourth-order valence-electron chi connectivity index (χ4n) is 7.31. The molecule has 2 N–H and O–H groups in total. The molecule has 2 aromatic rings. The topological polar surface area (TPSA) is 90.5 Å². The number of hydrogen-bond acceptors (Lipinski definition) is 6. The number of hydrogen-bond donors (Lipinski definition) is 2. The number of nitrogens with zero attached hydrogens (tertiary/aromatic N) is 1. The number of fused-ring (bicyclic) bond motifs is 9. The summed E-state index contributed by atoms with van der Waals surface area (Å²) >= 11 is 9.04. The van der Waals surface area contributed by atoms with E-state index >= 15 is 0 Å². The Kier molecular flexibility index (Phi) is 5.92. The van der Waals surface area contributed by atoms with Crippen molar-refractivity contribution in [2.24, 2.45) is 29.6 Å². The minimum atomic E-state index is -0.804. The van der Waals surface area contributed by atoms with Gasteiger partial charge in [-0.2, -0.15) is 0 Å². The van der Waals surface area contributed by atoms with Crippen LogP contribution in [-0.2, 0) is 14.4 Å². The van der Waals surface area contributed by atoms with E-state index in [4.69, 9.17) is 17.3 Å². The van der Waals surface area contributed by atoms with Gasteiger partial charge in [-0.3, -0.25) is 19.3 Å². The van der Waals surface area contributed by atoms with Crippen LogP contribution in [0.15, 0.2) is 29.3 Å². The third kappa shape index (κ3) is 3.64. The maximum Gasteiger partial charge on any atom is 0.303 e. The SMILES string of the molecule is Cc1ccccc1C1c2sc(=S)[nH]c2SC2C3CC(C4C(=O)N(CCCCCC(=O)O)C(=O)C34)C12. The van der Waals surface area contributed by atoms with Crippen LogP contribution in [0.2, 0.25) is 0 Å². The van der Waals surface area contributed by atoms with Crippen molar-refractivity contribution < 1.29 is 19.5 Å². The first-order valence-corrected chi connectivity index (χ1v) is 14.5. The first kappa shape index (κ1) is 23.4. The predicted octanol–water partition coefficient (Wildman–Crippen LogP) is 5.23. The Morgan fingerprint density at radius 1 is 1.14 bits per heavy atom. The number of aromatic amines is 1. The summed E-state index contributed by atoms with van der Waals surface area (Å²) in [5, 5.41) is 10.3. The molecule has 184 valence electrons. The quantitative estimate of drug-likeness (QED) is 0.290. The minimum Gasteiger partial charge on any atom is -0.481 e. The second-order valence-electron chi connectivity index (χ2n) is 10.3. The third-order valence-corrected chi connectivity index (χ3v) is 11.6. The number of carbonyl (C=O) groups excluding carboxylic acids is 2. The number of thioether (sulfide) groups is 1. The molecule has 6 rings (SSSR count). The van der Waals surface area contributed by atoms with E-state index in [-0.39, 0.29) is 47.8 Å². The average molecular weight is 529 g/mol. The van der Waals surface area contributed by atoms with Gasteiger partial charge in [0.05, 0.1) is 16.9 Å². The van der Waals surface area contributed by atoms with Gasteiger partial charge < -0.3 is 10.1 Å². The van der Waals surface area contributed by atoms with Gasteiger partial charge in [0.15, 0.2) is 3.95 Å². The fraction of sp³-hybridized carbons (Fsp3) is 0.538. The molecule has 1 aromatic heterocycles. The van der Waals surface area contributed by atoms with E-state index in [1.54, 1.807) is 11.3 Å². The normalized spacial score (nSPS) is 32.6. The molecule has 2 aliphatic carbocycles. The van der Waals surface area contributed by atoms with E-state index in [0.717, 1.165) is 15.4 Å². The molecule has 4 aliphatic rings. The maximum atomic E-state index is 13.6. The lowest BCUT2D eigenvalue weighted by Gasteiger charge is -2.43. The Morgan fingerprint density at radius 3 is 2.63 bits per heavy atom. The zero-order chi connectivity index (χ0) is 24.4. The number of carboxylic acids is 1. The van der Waals surface area contributed by atoms with Gasteiger partial charge in [0.25, 0.3) is 0 Å². The van der Waals surface area contributed by atoms with Gasteiger partial charge in [-0.15, -0.1) is 23.1 Å². The van der Waals surface area contributed by atoms with Gasteiger partial charge in [-0.05, 0) is 67.3 Å². The molecule has 1 saturated heterocycles. The summed E-state index contributed by atoms with van der Waals surface area (Å²) in [7, 11) is 0. The number of amides is 2. The van der Waals surface area contributed by atoms with Crippen molar-refractivity contribution in [1.29, 1.82) is 0 Å². The van der Waals surface area contributed by atoms with E-state index < -0.39 is 5.97 Å². The van der Waals surface area contributed by atoms with Crippen molar-refractivity contribution in [2.45, 2.75) is 55.2 Å². The van der Waals surface area contributed by atoms with Gasteiger partial charge in [-0.1, -0.05) is 30.7 Å². The summed E-state index contributed by atoms with van der Waals surface area (Å²) in [6.07, 6.45) is 3.03. The Balaban J connectivity index is 1.30. The second kappa shape index (κ2) is 8.85. The molecule has 7 atom stereocenters. The Morgan fingerprint density at radius 2 is 1.89 bits per heavy atom. The summed E-state index contributed by atoms with van der Waals surface area (Å²) in [4.78, 5) is 44.0. The van der Waals surface area contributed by atoms with Crippen LogP contribution in [0.4, 0.5) is 0 Å². The highest BCUT2D eigenvalue weighted by molar-refractivity contribution is 8.00. The van der Waals surface area contributed by atoms with E-state index in [0.29, 0.717) is 37.0 Å². The standard InChI is InChI=1S/C26H28N2O4S3/c1-12-7-4-5-8-13(12)17-18-14-11-15(21(18)34-23-22(17)35-26(33)27-23)20-19(14)24(31)28(25(20)32)10-6-2-3-9-16(29)30/h4-5,7-8,14-15,17-21H,2-3,6,9-11H2,1H3,(H,27,33)(H,29,30). The smallest absolute Gasteiger partial charge is 0.303 e. The number of H-pyrrole nitrogens is 1. The van der Waals surface area contributed by atoms with Crippen molar-refractivity contribution >= 4 is 53.1 Å². The highest BCUT2D eigenvalue weighted by atomic mass is 32.2. The van der Waals surface area contributed by atoms with Gasteiger partial charge in [0.2, 0.25) is 11.8 Å². The second-order valence-corrected chi connectivity index (χ2v) is 13.3. The number of rotatable bonds is 7. The molecular formula is C26H28N2O4S3. The number of thiazole rings is 1. The molecule has 2 amide bonds. The van der Waals surface area contributed by atoms with Crippen LogP contribution in [0.3, 0.4) is 0 Å². The summed E-state index contributed by atoms with van der Waals surface area (Å²) in [6, 6.07) is 8.54. The van der Waals surface area contributed by atoms with Gasteiger partial charge in [-0.25, -0.2) is 0 Å². The molecule has 7 unspecified atom stereocenters. The van der Waals surface area contributed by atoms with E-state index in [2.05, 4.69) is 36.2 Å². The molecule has 2 saturated carbocycles. The molecule has 35 heavy (non-hydrogen) atoms. The molecule has 0 radical (unpaired) electrons. The molecule has 2 bridgehead atoms. The molecule has 3 heterocycles. The van der Waals surface area contributed by atoms with Gasteiger partial charge in [0, 0.05) is 29.0 Å². The van der Waals surface area contributed by atoms with Crippen LogP contribution in [0.1, 0.15) is 54.0 Å². The Hall–Kier alpha value is -1.97. The number of benzene rings is 1. The monoisotopic (exact) mass is 528 g/mol. The number of unbranched alkanes of at least 4 members (excludes halogenated alkanes) is 2. The zero-order valence-corrected chi connectivity index (χ0v) is 21.9. The number of aryl methyl sites for hydroxylation is 1. The molecule has 6 nitrogen and oxygen atoms in total. The molecule has 9 heteroatoms. The van der Waals surface area contributed by atoms with Crippen molar-refractivity contribution in [3.63, 3.8) is 0 Å². The first-order valence-electron chi connectivity index (χ1n) is 12.4. The molecule has 0 spiro atoms. The summed E-state index contributed by atoms with van der Waals surface area (Å²) < 4.78 is 0.787. The molecular weight excluding hydrogens is 500 g/mol. The number of aromatic nitrogens is 1. The Labute approximate surface area is 217 Å². The Bertz CT molecular complexity index is 1270. The lowest BCUT2D eigenvalue weighted by Crippen LogP contribution is -2.42. The summed E-state index contributed by atoms with van der Waals surface area (Å²) in [5.74, 6) is -0.310. The summed E-state index contributed by atoms with van der Waals surface area (Å²) in [5.41, 5.74) is 2.56. The predicted molar refractivity (Wildman–Crippen MR) is 137 cm³/mol. The van der Waals surface area contributed by atoms with Crippen molar-refractivity contribution in [1.82, 2.24) is 9.88 Å². The number of carboxylic acid groups (broad SMARTS) is 1. The number of nitrogens with one attached hydrogen (secondary N) is 1. The van der Waals surface area contributed by atoms with Crippen LogP contribution in [0.25, 0.3) is 0 Å². The van der Waals surface area contributed by atoms with Gasteiger partial charge >= 0.3 is 5.97 Å². The fourth-order valence-corrected chi connectivity index (χ4v) is 10.6. The number of carbonyl (C=O) groups is 3. The average Bonchev–Trinajstić information content (AvgIpc) is 3.54. The number of aliphatic carboxylic acids is 1. The van der Waals surface area contributed by atoms with Crippen LogP contribution in [0.5, 0.6) is 0 Å². The zero-order valence-electron chi connectivity index (χ0n) is 19.4.